The lowest BCUT2D eigenvalue weighted by molar-refractivity contribution is -0.120. The van der Waals surface area contributed by atoms with Gasteiger partial charge in [-0.15, -0.1) is 10.2 Å². The van der Waals surface area contributed by atoms with Crippen LogP contribution in [0.25, 0.3) is 22.4 Å². The minimum Gasteiger partial charge on any atom is -0.497 e. The van der Waals surface area contributed by atoms with Gasteiger partial charge in [0.25, 0.3) is 5.56 Å². The van der Waals surface area contributed by atoms with Crippen molar-refractivity contribution in [1.29, 1.82) is 0 Å². The SMILES string of the molecule is COc1cccc(-n2c(=O)c3ccccc3n3c(SCC(=O)NC4CCCC(C)C4C)nnc23)c1. The van der Waals surface area contributed by atoms with E-state index in [0.29, 0.717) is 45.1 Å². The van der Waals surface area contributed by atoms with Gasteiger partial charge in [0.15, 0.2) is 5.16 Å². The number of nitrogens with zero attached hydrogens (tertiary/aromatic N) is 4. The average Bonchev–Trinajstić information content (AvgIpc) is 3.29. The van der Waals surface area contributed by atoms with Crippen molar-refractivity contribution in [2.24, 2.45) is 11.8 Å². The van der Waals surface area contributed by atoms with Crippen LogP contribution in [0.5, 0.6) is 5.75 Å². The van der Waals surface area contributed by atoms with Gasteiger partial charge < -0.3 is 10.1 Å². The third kappa shape index (κ3) is 4.40. The summed E-state index contributed by atoms with van der Waals surface area (Å²) in [6.07, 6.45) is 3.38. The Morgan fingerprint density at radius 2 is 1.97 bits per heavy atom. The molecule has 1 aliphatic carbocycles. The molecule has 35 heavy (non-hydrogen) atoms. The molecule has 4 aromatic rings. The van der Waals surface area contributed by atoms with Crippen molar-refractivity contribution in [2.45, 2.75) is 44.3 Å². The molecule has 0 spiro atoms. The molecule has 1 aliphatic rings. The standard InChI is InChI=1S/C26H29N5O3S/c1-16-8-6-12-21(17(16)2)27-23(32)15-35-26-29-28-25-30(18-9-7-10-19(14-18)34-3)24(33)20-11-4-5-13-22(20)31(25)26/h4-5,7,9-11,13-14,16-17,21H,6,8,12,15H2,1-3H3,(H,27,32). The average molecular weight is 492 g/mol. The molecule has 2 aromatic carbocycles. The van der Waals surface area contributed by atoms with E-state index < -0.39 is 0 Å². The van der Waals surface area contributed by atoms with Crippen molar-refractivity contribution in [3.05, 3.63) is 58.9 Å². The molecule has 0 aliphatic heterocycles. The van der Waals surface area contributed by atoms with Crippen LogP contribution >= 0.6 is 11.8 Å². The first-order chi connectivity index (χ1) is 17.0. The number of ether oxygens (including phenoxy) is 1. The number of rotatable bonds is 6. The van der Waals surface area contributed by atoms with Gasteiger partial charge in [0.05, 0.1) is 29.5 Å². The number of amides is 1. The van der Waals surface area contributed by atoms with Crippen LogP contribution in [0.2, 0.25) is 0 Å². The minimum absolute atomic E-state index is 0.0110. The molecule has 1 fully saturated rings. The minimum atomic E-state index is -0.191. The number of fused-ring (bicyclic) bond motifs is 3. The molecule has 0 bridgehead atoms. The van der Waals surface area contributed by atoms with Crippen molar-refractivity contribution < 1.29 is 9.53 Å². The van der Waals surface area contributed by atoms with Crippen LogP contribution < -0.4 is 15.6 Å². The van der Waals surface area contributed by atoms with E-state index >= 15 is 0 Å². The summed E-state index contributed by atoms with van der Waals surface area (Å²) in [5.41, 5.74) is 1.14. The first kappa shape index (κ1) is 23.4. The Labute approximate surface area is 207 Å². The number of nitrogens with one attached hydrogen (secondary N) is 1. The second-order valence-corrected chi connectivity index (χ2v) is 10.1. The maximum absolute atomic E-state index is 13.5. The number of carbonyl (C=O) groups is 1. The van der Waals surface area contributed by atoms with Crippen LogP contribution in [0.4, 0.5) is 0 Å². The van der Waals surface area contributed by atoms with Crippen molar-refractivity contribution in [1.82, 2.24) is 24.5 Å². The molecule has 1 saturated carbocycles. The zero-order chi connectivity index (χ0) is 24.5. The maximum Gasteiger partial charge on any atom is 0.267 e. The summed E-state index contributed by atoms with van der Waals surface area (Å²) in [4.78, 5) is 26.3. The molecule has 8 nitrogen and oxygen atoms in total. The summed E-state index contributed by atoms with van der Waals surface area (Å²) >= 11 is 1.32. The highest BCUT2D eigenvalue weighted by molar-refractivity contribution is 7.99. The number of carbonyl (C=O) groups excluding carboxylic acids is 1. The maximum atomic E-state index is 13.5. The Balaban J connectivity index is 1.50. The molecule has 2 heterocycles. The molecular weight excluding hydrogens is 462 g/mol. The van der Waals surface area contributed by atoms with E-state index in [9.17, 15) is 9.59 Å². The Kier molecular flexibility index (Phi) is 6.51. The summed E-state index contributed by atoms with van der Waals surface area (Å²) in [5.74, 6) is 2.32. The van der Waals surface area contributed by atoms with Crippen molar-refractivity contribution >= 4 is 34.3 Å². The molecule has 3 atom stereocenters. The predicted octanol–water partition coefficient (Wildman–Crippen LogP) is 4.08. The van der Waals surface area contributed by atoms with Crippen LogP contribution in [-0.2, 0) is 4.79 Å². The molecule has 2 aromatic heterocycles. The Hall–Kier alpha value is -3.33. The van der Waals surface area contributed by atoms with Crippen LogP contribution in [-0.4, -0.2) is 44.0 Å². The van der Waals surface area contributed by atoms with Gasteiger partial charge in [0.2, 0.25) is 11.7 Å². The number of methoxy groups -OCH3 is 1. The fourth-order valence-electron chi connectivity index (χ4n) is 4.92. The molecule has 182 valence electrons. The van der Waals surface area contributed by atoms with E-state index in [-0.39, 0.29) is 23.3 Å². The van der Waals surface area contributed by atoms with E-state index in [0.717, 1.165) is 12.8 Å². The second-order valence-electron chi connectivity index (χ2n) is 9.21. The number of aromatic nitrogens is 4. The summed E-state index contributed by atoms with van der Waals surface area (Å²) in [6.45, 7) is 4.48. The third-order valence-electron chi connectivity index (χ3n) is 7.09. The number of hydrogen-bond donors (Lipinski definition) is 1. The normalized spacial score (nSPS) is 20.3. The molecule has 1 N–H and O–H groups in total. The molecule has 5 rings (SSSR count). The molecule has 1 amide bonds. The van der Waals surface area contributed by atoms with E-state index in [4.69, 9.17) is 4.74 Å². The van der Waals surface area contributed by atoms with E-state index in [1.54, 1.807) is 19.2 Å². The summed E-state index contributed by atoms with van der Waals surface area (Å²) in [6, 6.07) is 14.9. The Bertz CT molecular complexity index is 1450. The number of para-hydroxylation sites is 1. The zero-order valence-electron chi connectivity index (χ0n) is 20.1. The zero-order valence-corrected chi connectivity index (χ0v) is 20.9. The Morgan fingerprint density at radius 3 is 2.80 bits per heavy atom. The van der Waals surface area contributed by atoms with Crippen LogP contribution in [0, 0.1) is 11.8 Å². The predicted molar refractivity (Wildman–Crippen MR) is 137 cm³/mol. The van der Waals surface area contributed by atoms with Crippen LogP contribution in [0.3, 0.4) is 0 Å². The van der Waals surface area contributed by atoms with E-state index in [1.807, 2.05) is 40.8 Å². The lowest BCUT2D eigenvalue weighted by Crippen LogP contribution is -2.44. The van der Waals surface area contributed by atoms with E-state index in [2.05, 4.69) is 29.4 Å². The fourth-order valence-corrected chi connectivity index (χ4v) is 5.67. The summed E-state index contributed by atoms with van der Waals surface area (Å²) in [7, 11) is 1.59. The fraction of sp³-hybridized carbons (Fsp3) is 0.385. The molecular formula is C26H29N5O3S. The van der Waals surface area contributed by atoms with Gasteiger partial charge >= 0.3 is 0 Å². The summed E-state index contributed by atoms with van der Waals surface area (Å²) in [5, 5.41) is 13.0. The summed E-state index contributed by atoms with van der Waals surface area (Å²) < 4.78 is 8.74. The third-order valence-corrected chi connectivity index (χ3v) is 8.02. The monoisotopic (exact) mass is 491 g/mol. The number of thioether (sulfide) groups is 1. The topological polar surface area (TPSA) is 90.5 Å². The Morgan fingerprint density at radius 1 is 1.14 bits per heavy atom. The van der Waals surface area contributed by atoms with Crippen LogP contribution in [0.15, 0.2) is 58.5 Å². The highest BCUT2D eigenvalue weighted by Gasteiger charge is 2.28. The molecule has 9 heteroatoms. The van der Waals surface area contributed by atoms with Gasteiger partial charge in [-0.3, -0.25) is 14.0 Å². The van der Waals surface area contributed by atoms with Gasteiger partial charge in [-0.1, -0.05) is 56.7 Å². The van der Waals surface area contributed by atoms with Crippen molar-refractivity contribution in [3.63, 3.8) is 0 Å². The first-order valence-electron chi connectivity index (χ1n) is 11.9. The first-order valence-corrected chi connectivity index (χ1v) is 12.9. The van der Waals surface area contributed by atoms with Gasteiger partial charge in [0.1, 0.15) is 5.75 Å². The molecule has 0 saturated heterocycles. The lowest BCUT2D eigenvalue weighted by Gasteiger charge is -2.34. The number of hydrogen-bond acceptors (Lipinski definition) is 6. The molecule has 3 unspecified atom stereocenters. The number of benzene rings is 2. The van der Waals surface area contributed by atoms with Crippen LogP contribution in [0.1, 0.15) is 33.1 Å². The van der Waals surface area contributed by atoms with Gasteiger partial charge in [-0.05, 0) is 42.5 Å². The van der Waals surface area contributed by atoms with Crippen molar-refractivity contribution in [2.75, 3.05) is 12.9 Å². The quantitative estimate of drug-likeness (QED) is 0.409. The highest BCUT2D eigenvalue weighted by atomic mass is 32.2. The van der Waals surface area contributed by atoms with Crippen molar-refractivity contribution in [3.8, 4) is 11.4 Å². The van der Waals surface area contributed by atoms with Gasteiger partial charge in [0, 0.05) is 12.1 Å². The largest absolute Gasteiger partial charge is 0.497 e. The van der Waals surface area contributed by atoms with Gasteiger partial charge in [-0.25, -0.2) is 4.57 Å². The van der Waals surface area contributed by atoms with E-state index in [1.165, 1.54) is 22.7 Å². The highest BCUT2D eigenvalue weighted by Crippen LogP contribution is 2.30. The second kappa shape index (κ2) is 9.73. The lowest BCUT2D eigenvalue weighted by atomic mass is 9.78. The van der Waals surface area contributed by atoms with Gasteiger partial charge in [-0.2, -0.15) is 0 Å². The molecule has 0 radical (unpaired) electrons. The smallest absolute Gasteiger partial charge is 0.267 e.